The van der Waals surface area contributed by atoms with Crippen LogP contribution in [0.15, 0.2) is 66.2 Å². The molecule has 3 aromatic carbocycles. The number of hydrogen-bond donors (Lipinski definition) is 1. The summed E-state index contributed by atoms with van der Waals surface area (Å²) in [4.78, 5) is 62.2. The number of nitrogens with zero attached hydrogens (tertiary/aromatic N) is 4. The van der Waals surface area contributed by atoms with Crippen LogP contribution in [-0.2, 0) is 26.2 Å². The molecule has 2 saturated heterocycles. The summed E-state index contributed by atoms with van der Waals surface area (Å²) in [7, 11) is 3.18. The Labute approximate surface area is 350 Å². The first-order valence-corrected chi connectivity index (χ1v) is 20.8. The van der Waals surface area contributed by atoms with Gasteiger partial charge in [-0.15, -0.1) is 11.3 Å². The fourth-order valence-corrected chi connectivity index (χ4v) is 11.8. The van der Waals surface area contributed by atoms with Gasteiger partial charge in [-0.05, 0) is 127 Å². The minimum Gasteiger partial charge on any atom is -0.504 e. The summed E-state index contributed by atoms with van der Waals surface area (Å²) in [6.07, 6.45) is 2.48. The van der Waals surface area contributed by atoms with Gasteiger partial charge in [-0.25, -0.2) is 9.80 Å². The van der Waals surface area contributed by atoms with E-state index in [9.17, 15) is 19.5 Å². The molecule has 10 nitrogen and oxygen atoms in total. The Morgan fingerprint density at radius 3 is 2.46 bits per heavy atom. The number of aromatic hydroxyl groups is 1. The summed E-state index contributed by atoms with van der Waals surface area (Å²) in [5.41, 5.74) is 3.03. The third kappa shape index (κ3) is 5.21. The fraction of sp³-hybridized carbons (Fsp3) is 0.310. The van der Waals surface area contributed by atoms with Crippen LogP contribution < -0.4 is 14.5 Å². The van der Waals surface area contributed by atoms with Gasteiger partial charge in [0.05, 0.1) is 44.4 Å². The molecule has 0 unspecified atom stereocenters. The molecule has 2 aliphatic heterocycles. The predicted octanol–water partition coefficient (Wildman–Crippen LogP) is 8.98. The molecule has 1 saturated carbocycles. The number of benzene rings is 3. The Bertz CT molecular complexity index is 2640. The van der Waals surface area contributed by atoms with Gasteiger partial charge in [0.1, 0.15) is 11.5 Å². The molecule has 56 heavy (non-hydrogen) atoms. The molecule has 4 amide bonds. The van der Waals surface area contributed by atoms with Gasteiger partial charge in [0.25, 0.3) is 0 Å². The maximum atomic E-state index is 15.2. The first kappa shape index (κ1) is 37.3. The molecule has 3 fully saturated rings. The van der Waals surface area contributed by atoms with Crippen LogP contribution in [0.5, 0.6) is 11.5 Å². The van der Waals surface area contributed by atoms with Crippen molar-refractivity contribution in [3.8, 4) is 22.1 Å². The number of thiophene rings is 1. The number of carbonyl (C=O) groups excluding carboxylic acids is 4. The first-order valence-electron chi connectivity index (χ1n) is 18.2. The average Bonchev–Trinajstić information content (AvgIpc) is 3.84. The molecule has 0 bridgehead atoms. The number of carbonyl (C=O) groups is 4. The van der Waals surface area contributed by atoms with E-state index < -0.39 is 40.9 Å². The van der Waals surface area contributed by atoms with Crippen LogP contribution in [-0.4, -0.2) is 45.6 Å². The van der Waals surface area contributed by atoms with E-state index in [4.69, 9.17) is 33.0 Å². The Balaban J connectivity index is 1.17. The van der Waals surface area contributed by atoms with Crippen molar-refractivity contribution in [3.05, 3.63) is 96.6 Å². The number of anilines is 2. The smallest absolute Gasteiger partial charge is 0.242 e. The molecule has 2 aromatic heterocycles. The number of phenols is 1. The Hall–Kier alpha value is -4.24. The van der Waals surface area contributed by atoms with Gasteiger partial charge < -0.3 is 9.84 Å². The van der Waals surface area contributed by atoms with E-state index in [0.717, 1.165) is 31.7 Å². The van der Waals surface area contributed by atoms with Crippen molar-refractivity contribution in [2.24, 2.45) is 36.1 Å². The quantitative estimate of drug-likeness (QED) is 0.106. The van der Waals surface area contributed by atoms with Crippen molar-refractivity contribution in [1.29, 1.82) is 0 Å². The van der Waals surface area contributed by atoms with E-state index in [0.29, 0.717) is 36.4 Å². The van der Waals surface area contributed by atoms with E-state index in [1.807, 2.05) is 73.7 Å². The monoisotopic (exact) mass is 920 g/mol. The highest BCUT2D eigenvalue weighted by Crippen LogP contribution is 2.64. The Kier molecular flexibility index (Phi) is 8.77. The molecule has 2 aliphatic carbocycles. The lowest BCUT2D eigenvalue weighted by Crippen LogP contribution is -2.49. The number of aryl methyl sites for hydroxylation is 3. The lowest BCUT2D eigenvalue weighted by atomic mass is 9.51. The number of allylic oxidation sites excluding steroid dienone is 2. The van der Waals surface area contributed by atoms with Crippen molar-refractivity contribution < 1.29 is 29.0 Å². The van der Waals surface area contributed by atoms with Gasteiger partial charge in [0.2, 0.25) is 23.6 Å². The molecule has 4 aliphatic rings. The third-order valence-electron chi connectivity index (χ3n) is 12.5. The number of methoxy groups -OCH3 is 1. The van der Waals surface area contributed by atoms with Gasteiger partial charge in [0, 0.05) is 33.8 Å². The van der Waals surface area contributed by atoms with Crippen molar-refractivity contribution >= 4 is 102 Å². The van der Waals surface area contributed by atoms with Crippen LogP contribution in [0.25, 0.3) is 20.7 Å². The highest BCUT2D eigenvalue weighted by molar-refractivity contribution is 14.1. The fourth-order valence-electron chi connectivity index (χ4n) is 9.72. The highest BCUT2D eigenvalue weighted by atomic mass is 127. The van der Waals surface area contributed by atoms with Crippen molar-refractivity contribution in [1.82, 2.24) is 9.78 Å². The lowest BCUT2D eigenvalue weighted by molar-refractivity contribution is -0.131. The van der Waals surface area contributed by atoms with Crippen molar-refractivity contribution in [3.63, 3.8) is 0 Å². The molecular formula is C42H35Cl2IN4O6S. The summed E-state index contributed by atoms with van der Waals surface area (Å²) >= 11 is 16.4. The maximum Gasteiger partial charge on any atom is 0.242 e. The second-order valence-electron chi connectivity index (χ2n) is 15.4. The van der Waals surface area contributed by atoms with Crippen molar-refractivity contribution in [2.45, 2.75) is 39.5 Å². The van der Waals surface area contributed by atoms with E-state index in [-0.39, 0.29) is 42.1 Å². The number of ether oxygens (including phenoxy) is 1. The highest BCUT2D eigenvalue weighted by Gasteiger charge is 2.68. The van der Waals surface area contributed by atoms with Crippen LogP contribution in [0.2, 0.25) is 10.0 Å². The summed E-state index contributed by atoms with van der Waals surface area (Å²) in [5, 5.41) is 17.8. The zero-order valence-electron chi connectivity index (χ0n) is 30.9. The molecule has 286 valence electrons. The molecular weight excluding hydrogens is 886 g/mol. The standard InChI is InChI=1S/C42H35Cl2IN4O6S/c1-18-6-8-22(15-28(18)44)48-38(51)24-10-9-23-26(34(24)40(48)53)16-27-39(52)49(41(54)42(27,3)35(23)20-12-29(45)36(50)31(13-20)55-5)33-17-30(46-47(33)4)37-19(2)25-14-21(43)7-11-32(25)56-37/h6-9,11-15,17,24,26-27,34-35,50H,10,16H2,1-5H3/t24-,26+,27-,34-,35-,42+/m0/s1. The topological polar surface area (TPSA) is 122 Å². The zero-order valence-corrected chi connectivity index (χ0v) is 35.4. The van der Waals surface area contributed by atoms with Crippen molar-refractivity contribution in [2.75, 3.05) is 16.9 Å². The van der Waals surface area contributed by atoms with E-state index >= 15 is 4.79 Å². The number of amides is 4. The van der Waals surface area contributed by atoms with Crippen LogP contribution in [0.3, 0.4) is 0 Å². The number of hydrogen-bond acceptors (Lipinski definition) is 8. The van der Waals surface area contributed by atoms with Crippen LogP contribution >= 0.6 is 57.1 Å². The number of fused-ring (bicyclic) bond motifs is 5. The van der Waals surface area contributed by atoms with Crippen LogP contribution in [0.4, 0.5) is 11.5 Å². The summed E-state index contributed by atoms with van der Waals surface area (Å²) < 4.78 is 8.70. The average molecular weight is 922 g/mol. The largest absolute Gasteiger partial charge is 0.504 e. The van der Waals surface area contributed by atoms with Gasteiger partial charge in [-0.1, -0.05) is 40.9 Å². The third-order valence-corrected chi connectivity index (χ3v) is 15.3. The second-order valence-corrected chi connectivity index (χ2v) is 18.4. The predicted molar refractivity (Wildman–Crippen MR) is 224 cm³/mol. The minimum absolute atomic E-state index is 0.0377. The molecule has 1 N–H and O–H groups in total. The molecule has 5 aromatic rings. The molecule has 4 heterocycles. The summed E-state index contributed by atoms with van der Waals surface area (Å²) in [6.45, 7) is 5.69. The zero-order chi connectivity index (χ0) is 39.7. The minimum atomic E-state index is -1.30. The van der Waals surface area contributed by atoms with Gasteiger partial charge in [-0.3, -0.25) is 23.9 Å². The number of halogens is 3. The van der Waals surface area contributed by atoms with E-state index in [1.165, 1.54) is 16.9 Å². The number of aromatic nitrogens is 2. The maximum absolute atomic E-state index is 15.2. The second kappa shape index (κ2) is 13.2. The van der Waals surface area contributed by atoms with E-state index in [2.05, 4.69) is 0 Å². The van der Waals surface area contributed by atoms with Crippen LogP contribution in [0.1, 0.15) is 42.4 Å². The molecule has 9 rings (SSSR count). The lowest BCUT2D eigenvalue weighted by Gasteiger charge is -2.49. The summed E-state index contributed by atoms with van der Waals surface area (Å²) in [6, 6.07) is 16.2. The van der Waals surface area contributed by atoms with Crippen LogP contribution in [0, 0.1) is 46.5 Å². The van der Waals surface area contributed by atoms with Gasteiger partial charge in [0.15, 0.2) is 11.5 Å². The Morgan fingerprint density at radius 2 is 1.73 bits per heavy atom. The first-order chi connectivity index (χ1) is 26.6. The molecule has 14 heteroatoms. The number of phenolic OH excluding ortho intramolecular Hbond substituents is 1. The van der Waals surface area contributed by atoms with E-state index in [1.54, 1.807) is 53.4 Å². The summed E-state index contributed by atoms with van der Waals surface area (Å²) in [5.74, 6) is -4.37. The molecule has 6 atom stereocenters. The number of imide groups is 2. The molecule has 0 spiro atoms. The normalized spacial score (nSPS) is 25.9. The molecule has 0 radical (unpaired) electrons. The SMILES string of the molecule is COc1cc([C@H]2C3=CC[C@@H]4C(=O)N(c5ccc(C)c(Cl)c5)C(=O)[C@@H]4[C@@H]3C[C@H]3C(=O)N(c4cc(-c5sc6ccc(Cl)cc6c5C)nn4C)C(=O)[C@@]23C)cc(I)c1O. The van der Waals surface area contributed by atoms with Gasteiger partial charge >= 0.3 is 0 Å². The Morgan fingerprint density at radius 1 is 0.964 bits per heavy atom. The van der Waals surface area contributed by atoms with Gasteiger partial charge in [-0.2, -0.15) is 5.10 Å². The number of rotatable bonds is 5.